The zero-order valence-corrected chi connectivity index (χ0v) is 16.6. The molecule has 7 heteroatoms. The average molecular weight is 405 g/mol. The Morgan fingerprint density at radius 1 is 0.897 bits per heavy atom. The molecule has 0 radical (unpaired) electrons. The molecule has 6 nitrogen and oxygen atoms in total. The van der Waals surface area contributed by atoms with E-state index in [1.165, 1.54) is 4.68 Å². The molecule has 0 aliphatic carbocycles. The molecule has 0 atom stereocenters. The molecule has 0 unspecified atom stereocenters. The lowest BCUT2D eigenvalue weighted by atomic mass is 10.0. The molecule has 0 aliphatic heterocycles. The van der Waals surface area contributed by atoms with Crippen LogP contribution >= 0.6 is 0 Å². The van der Waals surface area contributed by atoms with E-state index in [1.54, 1.807) is 31.2 Å². The molecule has 0 saturated carbocycles. The third-order valence-electron chi connectivity index (χ3n) is 4.60. The SMILES string of the molecule is CCS(=O)(=O)Nc1cccc(-c2nn(-c3ccccc3)c(=O)c3ccccc23)c1. The topological polar surface area (TPSA) is 81.1 Å². The van der Waals surface area contributed by atoms with E-state index in [9.17, 15) is 13.2 Å². The van der Waals surface area contributed by atoms with Crippen LogP contribution in [0.15, 0.2) is 83.7 Å². The van der Waals surface area contributed by atoms with Gasteiger partial charge >= 0.3 is 0 Å². The van der Waals surface area contributed by atoms with Crippen molar-refractivity contribution < 1.29 is 8.42 Å². The van der Waals surface area contributed by atoms with Crippen LogP contribution in [0, 0.1) is 0 Å². The highest BCUT2D eigenvalue weighted by Gasteiger charge is 2.14. The molecule has 0 amide bonds. The Bertz CT molecular complexity index is 1350. The van der Waals surface area contributed by atoms with Crippen LogP contribution in [-0.2, 0) is 10.0 Å². The first kappa shape index (κ1) is 18.9. The Hall–Kier alpha value is -3.45. The summed E-state index contributed by atoms with van der Waals surface area (Å²) in [5, 5.41) is 5.88. The van der Waals surface area contributed by atoms with Crippen molar-refractivity contribution in [1.29, 1.82) is 0 Å². The Morgan fingerprint density at radius 3 is 2.31 bits per heavy atom. The first-order chi connectivity index (χ1) is 14.0. The zero-order chi connectivity index (χ0) is 20.4. The third kappa shape index (κ3) is 3.77. The van der Waals surface area contributed by atoms with E-state index in [0.717, 1.165) is 0 Å². The molecule has 0 aliphatic rings. The first-order valence-corrected chi connectivity index (χ1v) is 10.8. The molecular weight excluding hydrogens is 386 g/mol. The second-order valence-electron chi connectivity index (χ2n) is 6.53. The number of hydrogen-bond acceptors (Lipinski definition) is 4. The third-order valence-corrected chi connectivity index (χ3v) is 5.90. The van der Waals surface area contributed by atoms with Gasteiger partial charge in [-0.2, -0.15) is 9.78 Å². The van der Waals surface area contributed by atoms with E-state index in [-0.39, 0.29) is 11.3 Å². The maximum Gasteiger partial charge on any atom is 0.279 e. The lowest BCUT2D eigenvalue weighted by molar-refractivity contribution is 0.602. The molecular formula is C22H19N3O3S. The Morgan fingerprint density at radius 2 is 1.59 bits per heavy atom. The van der Waals surface area contributed by atoms with E-state index >= 15 is 0 Å². The molecule has 29 heavy (non-hydrogen) atoms. The Kier molecular flexibility index (Phi) is 4.90. The maximum atomic E-state index is 13.0. The predicted molar refractivity (Wildman–Crippen MR) is 116 cm³/mol. The van der Waals surface area contributed by atoms with Crippen molar-refractivity contribution >= 4 is 26.5 Å². The number of benzene rings is 3. The summed E-state index contributed by atoms with van der Waals surface area (Å²) in [6.45, 7) is 1.58. The number of hydrogen-bond donors (Lipinski definition) is 1. The maximum absolute atomic E-state index is 13.0. The smallest absolute Gasteiger partial charge is 0.279 e. The van der Waals surface area contributed by atoms with E-state index in [1.807, 2.05) is 54.6 Å². The number of rotatable bonds is 5. The van der Waals surface area contributed by atoms with E-state index in [4.69, 9.17) is 0 Å². The van der Waals surface area contributed by atoms with Gasteiger partial charge in [0.2, 0.25) is 10.0 Å². The van der Waals surface area contributed by atoms with Crippen LogP contribution < -0.4 is 10.3 Å². The summed E-state index contributed by atoms with van der Waals surface area (Å²) in [7, 11) is -3.40. The molecule has 0 fully saturated rings. The van der Waals surface area contributed by atoms with E-state index in [2.05, 4.69) is 9.82 Å². The van der Waals surface area contributed by atoms with Crippen molar-refractivity contribution in [3.8, 4) is 16.9 Å². The summed E-state index contributed by atoms with van der Waals surface area (Å²) >= 11 is 0. The molecule has 1 heterocycles. The van der Waals surface area contributed by atoms with Crippen LogP contribution in [0.1, 0.15) is 6.92 Å². The highest BCUT2D eigenvalue weighted by molar-refractivity contribution is 7.92. The standard InChI is InChI=1S/C22H19N3O3S/c1-2-29(27,28)24-17-10-8-9-16(15-17)21-19-13-6-7-14-20(19)22(26)25(23-21)18-11-4-3-5-12-18/h3-15,24H,2H2,1H3. The van der Waals surface area contributed by atoms with Crippen LogP contribution in [0.3, 0.4) is 0 Å². The summed E-state index contributed by atoms with van der Waals surface area (Å²) in [5.74, 6) is -0.0166. The number of anilines is 1. The summed E-state index contributed by atoms with van der Waals surface area (Å²) in [5.41, 5.74) is 2.21. The van der Waals surface area contributed by atoms with Gasteiger partial charge in [0.1, 0.15) is 0 Å². The molecule has 0 spiro atoms. The summed E-state index contributed by atoms with van der Waals surface area (Å²) in [4.78, 5) is 13.0. The largest absolute Gasteiger partial charge is 0.284 e. The van der Waals surface area contributed by atoms with Gasteiger partial charge in [-0.25, -0.2) is 8.42 Å². The number of nitrogens with zero attached hydrogens (tertiary/aromatic N) is 2. The fraction of sp³-hybridized carbons (Fsp3) is 0.0909. The van der Waals surface area contributed by atoms with Crippen molar-refractivity contribution in [2.75, 3.05) is 10.5 Å². The molecule has 0 saturated heterocycles. The van der Waals surface area contributed by atoms with Gasteiger partial charge in [-0.3, -0.25) is 9.52 Å². The van der Waals surface area contributed by atoms with Crippen LogP contribution in [0.4, 0.5) is 5.69 Å². The van der Waals surface area contributed by atoms with Crippen molar-refractivity contribution in [3.63, 3.8) is 0 Å². The zero-order valence-electron chi connectivity index (χ0n) is 15.7. The van der Waals surface area contributed by atoms with E-state index < -0.39 is 10.0 Å². The fourth-order valence-corrected chi connectivity index (χ4v) is 3.76. The fourth-order valence-electron chi connectivity index (χ4n) is 3.13. The molecule has 146 valence electrons. The van der Waals surface area contributed by atoms with Gasteiger partial charge in [-0.1, -0.05) is 48.5 Å². The van der Waals surface area contributed by atoms with Gasteiger partial charge in [0, 0.05) is 16.6 Å². The highest BCUT2D eigenvalue weighted by atomic mass is 32.2. The predicted octanol–water partition coefficient (Wildman–Crippen LogP) is 3.81. The van der Waals surface area contributed by atoms with Crippen LogP contribution in [-0.4, -0.2) is 24.0 Å². The molecule has 4 aromatic rings. The van der Waals surface area contributed by atoms with Gasteiger partial charge < -0.3 is 0 Å². The summed E-state index contributed by atoms with van der Waals surface area (Å²) in [6, 6.07) is 23.5. The molecule has 3 aromatic carbocycles. The minimum absolute atomic E-state index is 0.0166. The Balaban J connectivity index is 1.95. The number of fused-ring (bicyclic) bond motifs is 1. The van der Waals surface area contributed by atoms with Gasteiger partial charge in [0.25, 0.3) is 5.56 Å². The minimum Gasteiger partial charge on any atom is -0.284 e. The molecule has 1 N–H and O–H groups in total. The Labute approximate surface area is 168 Å². The molecule has 4 rings (SSSR count). The van der Waals surface area contributed by atoms with Crippen molar-refractivity contribution in [1.82, 2.24) is 9.78 Å². The lowest BCUT2D eigenvalue weighted by Crippen LogP contribution is -2.22. The van der Waals surface area contributed by atoms with Crippen molar-refractivity contribution in [2.24, 2.45) is 0 Å². The van der Waals surface area contributed by atoms with Crippen molar-refractivity contribution in [2.45, 2.75) is 6.92 Å². The van der Waals surface area contributed by atoms with E-state index in [0.29, 0.717) is 33.4 Å². The van der Waals surface area contributed by atoms with Crippen LogP contribution in [0.5, 0.6) is 0 Å². The summed E-state index contributed by atoms with van der Waals surface area (Å²) < 4.78 is 27.8. The number of para-hydroxylation sites is 1. The lowest BCUT2D eigenvalue weighted by Gasteiger charge is -2.12. The summed E-state index contributed by atoms with van der Waals surface area (Å²) in [6.07, 6.45) is 0. The van der Waals surface area contributed by atoms with Crippen LogP contribution in [0.2, 0.25) is 0 Å². The second kappa shape index (κ2) is 7.52. The molecule has 1 aromatic heterocycles. The van der Waals surface area contributed by atoms with Crippen LogP contribution in [0.25, 0.3) is 27.7 Å². The highest BCUT2D eigenvalue weighted by Crippen LogP contribution is 2.27. The number of sulfonamides is 1. The first-order valence-electron chi connectivity index (χ1n) is 9.17. The minimum atomic E-state index is -3.40. The van der Waals surface area contributed by atoms with Gasteiger partial charge in [-0.05, 0) is 37.3 Å². The van der Waals surface area contributed by atoms with Gasteiger partial charge in [0.15, 0.2) is 0 Å². The second-order valence-corrected chi connectivity index (χ2v) is 8.54. The quantitative estimate of drug-likeness (QED) is 0.547. The number of nitrogens with one attached hydrogen (secondary N) is 1. The van der Waals surface area contributed by atoms with Gasteiger partial charge in [-0.15, -0.1) is 0 Å². The average Bonchev–Trinajstić information content (AvgIpc) is 2.75. The van der Waals surface area contributed by atoms with Gasteiger partial charge in [0.05, 0.1) is 22.5 Å². The van der Waals surface area contributed by atoms with Crippen molar-refractivity contribution in [3.05, 3.63) is 89.2 Å². The monoisotopic (exact) mass is 405 g/mol. The number of aromatic nitrogens is 2. The normalized spacial score (nSPS) is 11.5. The molecule has 0 bridgehead atoms.